The highest BCUT2D eigenvalue weighted by Crippen LogP contribution is 2.17. The summed E-state index contributed by atoms with van der Waals surface area (Å²) in [5, 5.41) is 0. The Balaban J connectivity index is 3.97. The third-order valence-corrected chi connectivity index (χ3v) is 12.6. The number of ether oxygens (including phenoxy) is 3. The van der Waals surface area contributed by atoms with Crippen molar-refractivity contribution in [1.82, 2.24) is 0 Å². The fourth-order valence-corrected chi connectivity index (χ4v) is 8.45. The van der Waals surface area contributed by atoms with Crippen molar-refractivity contribution in [2.45, 2.75) is 322 Å². The molecular formula is C55H106O6. The Kier molecular flexibility index (Phi) is 49.7. The van der Waals surface area contributed by atoms with Crippen molar-refractivity contribution in [3.05, 3.63) is 0 Å². The van der Waals surface area contributed by atoms with Gasteiger partial charge in [-0.25, -0.2) is 0 Å². The Morgan fingerprint density at radius 1 is 0.262 bits per heavy atom. The summed E-state index contributed by atoms with van der Waals surface area (Å²) >= 11 is 0. The molecule has 6 nitrogen and oxygen atoms in total. The average Bonchev–Trinajstić information content (AvgIpc) is 3.26. The van der Waals surface area contributed by atoms with Crippen molar-refractivity contribution in [2.75, 3.05) is 13.2 Å². The van der Waals surface area contributed by atoms with Gasteiger partial charge < -0.3 is 14.2 Å². The van der Waals surface area contributed by atoms with Gasteiger partial charge in [-0.05, 0) is 19.3 Å². The largest absolute Gasteiger partial charge is 0.462 e. The Morgan fingerprint density at radius 2 is 0.443 bits per heavy atom. The van der Waals surface area contributed by atoms with Crippen molar-refractivity contribution in [1.29, 1.82) is 0 Å². The molecule has 0 aromatic rings. The van der Waals surface area contributed by atoms with Crippen molar-refractivity contribution in [3.8, 4) is 0 Å². The molecule has 0 aromatic heterocycles. The fraction of sp³-hybridized carbons (Fsp3) is 0.945. The lowest BCUT2D eigenvalue weighted by atomic mass is 10.0. The summed E-state index contributed by atoms with van der Waals surface area (Å²) in [5.74, 6) is -0.852. The Hall–Kier alpha value is -1.59. The number of hydrogen-bond donors (Lipinski definition) is 0. The van der Waals surface area contributed by atoms with Crippen molar-refractivity contribution in [3.63, 3.8) is 0 Å². The molecule has 0 saturated carbocycles. The number of carbonyl (C=O) groups is 3. The van der Waals surface area contributed by atoms with Crippen molar-refractivity contribution < 1.29 is 28.6 Å². The lowest BCUT2D eigenvalue weighted by Gasteiger charge is -2.18. The van der Waals surface area contributed by atoms with Gasteiger partial charge in [0.1, 0.15) is 13.2 Å². The molecule has 362 valence electrons. The summed E-state index contributed by atoms with van der Waals surface area (Å²) in [7, 11) is 0. The minimum absolute atomic E-state index is 0.0627. The molecule has 0 aromatic carbocycles. The van der Waals surface area contributed by atoms with Crippen LogP contribution in [0.15, 0.2) is 0 Å². The molecule has 0 amide bonds. The summed E-state index contributed by atoms with van der Waals surface area (Å²) in [6, 6.07) is 0. The molecule has 0 N–H and O–H groups in total. The van der Waals surface area contributed by atoms with Gasteiger partial charge in [0.25, 0.3) is 0 Å². The molecule has 0 rings (SSSR count). The number of rotatable bonds is 51. The van der Waals surface area contributed by atoms with Crippen molar-refractivity contribution >= 4 is 17.9 Å². The van der Waals surface area contributed by atoms with Crippen LogP contribution in [0.3, 0.4) is 0 Å². The number of hydrogen-bond acceptors (Lipinski definition) is 6. The van der Waals surface area contributed by atoms with Crippen LogP contribution in [0.25, 0.3) is 0 Å². The number of unbranched alkanes of at least 4 members (excludes halogenated alkanes) is 40. The summed E-state index contributed by atoms with van der Waals surface area (Å²) in [4.78, 5) is 37.7. The van der Waals surface area contributed by atoms with E-state index in [0.717, 1.165) is 57.8 Å². The van der Waals surface area contributed by atoms with E-state index in [1.807, 2.05) is 0 Å². The van der Waals surface area contributed by atoms with Gasteiger partial charge in [-0.3, -0.25) is 14.4 Å². The topological polar surface area (TPSA) is 78.9 Å². The molecule has 0 aliphatic heterocycles. The molecule has 0 saturated heterocycles. The van der Waals surface area contributed by atoms with E-state index in [1.165, 1.54) is 218 Å². The van der Waals surface area contributed by atoms with Crippen LogP contribution in [0, 0.1) is 0 Å². The molecule has 0 aliphatic rings. The molecule has 0 radical (unpaired) electrons. The molecule has 6 heteroatoms. The minimum Gasteiger partial charge on any atom is -0.462 e. The van der Waals surface area contributed by atoms with E-state index in [2.05, 4.69) is 20.8 Å². The van der Waals surface area contributed by atoms with Gasteiger partial charge in [0.05, 0.1) is 0 Å². The molecule has 1 atom stereocenters. The molecule has 0 fully saturated rings. The first kappa shape index (κ1) is 59.4. The van der Waals surface area contributed by atoms with E-state index in [4.69, 9.17) is 14.2 Å². The first-order valence-electron chi connectivity index (χ1n) is 27.5. The molecule has 0 aliphatic carbocycles. The van der Waals surface area contributed by atoms with E-state index < -0.39 is 6.10 Å². The van der Waals surface area contributed by atoms with Gasteiger partial charge in [-0.15, -0.1) is 0 Å². The lowest BCUT2D eigenvalue weighted by molar-refractivity contribution is -0.167. The highest BCUT2D eigenvalue weighted by atomic mass is 16.6. The maximum atomic E-state index is 12.7. The van der Waals surface area contributed by atoms with Gasteiger partial charge in [0, 0.05) is 19.3 Å². The first-order chi connectivity index (χ1) is 30.0. The second-order valence-electron chi connectivity index (χ2n) is 18.9. The van der Waals surface area contributed by atoms with Crippen LogP contribution in [0.1, 0.15) is 316 Å². The number of carbonyl (C=O) groups excluding carboxylic acids is 3. The molecule has 0 bridgehead atoms. The third-order valence-electron chi connectivity index (χ3n) is 12.6. The number of esters is 3. The monoisotopic (exact) mass is 863 g/mol. The molecular weight excluding hydrogens is 757 g/mol. The summed E-state index contributed by atoms with van der Waals surface area (Å²) < 4.78 is 16.7. The van der Waals surface area contributed by atoms with Crippen molar-refractivity contribution in [2.24, 2.45) is 0 Å². The second kappa shape index (κ2) is 51.0. The third kappa shape index (κ3) is 49.3. The molecule has 0 spiro atoms. The van der Waals surface area contributed by atoms with Crippen LogP contribution in [-0.2, 0) is 28.6 Å². The van der Waals surface area contributed by atoms with Gasteiger partial charge in [0.2, 0.25) is 0 Å². The van der Waals surface area contributed by atoms with Crippen LogP contribution < -0.4 is 0 Å². The fourth-order valence-electron chi connectivity index (χ4n) is 8.45. The maximum absolute atomic E-state index is 12.7. The van der Waals surface area contributed by atoms with E-state index in [1.54, 1.807) is 0 Å². The summed E-state index contributed by atoms with van der Waals surface area (Å²) in [5.41, 5.74) is 0. The van der Waals surface area contributed by atoms with Crippen LogP contribution in [0.4, 0.5) is 0 Å². The lowest BCUT2D eigenvalue weighted by Crippen LogP contribution is -2.30. The predicted molar refractivity (Wildman–Crippen MR) is 261 cm³/mol. The Morgan fingerprint density at radius 3 is 0.656 bits per heavy atom. The molecule has 0 heterocycles. The second-order valence-corrected chi connectivity index (χ2v) is 18.9. The van der Waals surface area contributed by atoms with Gasteiger partial charge in [-0.1, -0.05) is 278 Å². The van der Waals surface area contributed by atoms with Crippen LogP contribution >= 0.6 is 0 Å². The molecule has 1 unspecified atom stereocenters. The maximum Gasteiger partial charge on any atom is 0.306 e. The van der Waals surface area contributed by atoms with E-state index in [9.17, 15) is 14.4 Å². The van der Waals surface area contributed by atoms with Gasteiger partial charge in [0.15, 0.2) is 6.10 Å². The molecule has 61 heavy (non-hydrogen) atoms. The smallest absolute Gasteiger partial charge is 0.306 e. The SMILES string of the molecule is CCCCCCCCCCCCCCCCCCCCCCCCCCCCC(=O)OCC(COC(=O)CCCCCCCCC)OC(=O)CCCCCCCCCCCC. The first-order valence-corrected chi connectivity index (χ1v) is 27.5. The summed E-state index contributed by atoms with van der Waals surface area (Å²) in [6.45, 7) is 6.63. The van der Waals surface area contributed by atoms with Crippen LogP contribution in [0.5, 0.6) is 0 Å². The highest BCUT2D eigenvalue weighted by Gasteiger charge is 2.19. The van der Waals surface area contributed by atoms with E-state index >= 15 is 0 Å². The average molecular weight is 863 g/mol. The normalized spacial score (nSPS) is 11.9. The Bertz CT molecular complexity index is 905. The van der Waals surface area contributed by atoms with Gasteiger partial charge >= 0.3 is 17.9 Å². The Labute approximate surface area is 380 Å². The van der Waals surface area contributed by atoms with Crippen LogP contribution in [0.2, 0.25) is 0 Å². The standard InChI is InChI=1S/C55H106O6/c1-4-7-10-13-16-18-20-21-22-23-24-25-26-27-28-29-30-31-32-33-34-35-37-39-42-45-48-54(57)60-51-52(50-59-53(56)47-44-41-38-15-12-9-6-3)61-55(58)49-46-43-40-36-19-17-14-11-8-5-2/h52H,4-51H2,1-3H3. The highest BCUT2D eigenvalue weighted by molar-refractivity contribution is 5.71. The zero-order valence-electron chi connectivity index (χ0n) is 41.5. The summed E-state index contributed by atoms with van der Waals surface area (Å²) in [6.07, 6.45) is 55.6. The van der Waals surface area contributed by atoms with E-state index in [-0.39, 0.29) is 31.1 Å². The zero-order chi connectivity index (χ0) is 44.4. The van der Waals surface area contributed by atoms with Gasteiger partial charge in [-0.2, -0.15) is 0 Å². The predicted octanol–water partition coefficient (Wildman–Crippen LogP) is 18.0. The quantitative estimate of drug-likeness (QED) is 0.0344. The minimum atomic E-state index is -0.758. The van der Waals surface area contributed by atoms with Crippen LogP contribution in [-0.4, -0.2) is 37.2 Å². The zero-order valence-corrected chi connectivity index (χ0v) is 41.5. The van der Waals surface area contributed by atoms with E-state index in [0.29, 0.717) is 19.3 Å².